The summed E-state index contributed by atoms with van der Waals surface area (Å²) in [5.41, 5.74) is 3.20. The van der Waals surface area contributed by atoms with Crippen LogP contribution in [0.3, 0.4) is 0 Å². The number of ether oxygens (including phenoxy) is 2. The number of likely N-dealkylation sites (N-methyl/N-ethyl adjacent to an activating group) is 1. The van der Waals surface area contributed by atoms with E-state index in [1.54, 1.807) is 51.4 Å². The summed E-state index contributed by atoms with van der Waals surface area (Å²) in [6, 6.07) is 8.76. The van der Waals surface area contributed by atoms with Crippen molar-refractivity contribution in [1.29, 1.82) is 0 Å². The normalized spacial score (nSPS) is 11.9. The van der Waals surface area contributed by atoms with Crippen LogP contribution in [-0.4, -0.2) is 49.7 Å². The summed E-state index contributed by atoms with van der Waals surface area (Å²) in [4.78, 5) is 25.9. The zero-order chi connectivity index (χ0) is 19.8. The number of hydrogen-bond acceptors (Lipinski definition) is 6. The Kier molecular flexibility index (Phi) is 7.36. The third-order valence-corrected chi connectivity index (χ3v) is 4.35. The molecule has 0 unspecified atom stereocenters. The summed E-state index contributed by atoms with van der Waals surface area (Å²) >= 11 is 1.34. The molecule has 0 aliphatic rings. The molecule has 0 aliphatic carbocycles. The minimum Gasteiger partial charge on any atom is -0.490 e. The molecule has 0 aliphatic heterocycles. The van der Waals surface area contributed by atoms with Crippen molar-refractivity contribution in [3.05, 3.63) is 46.2 Å². The Labute approximate surface area is 162 Å². The molecule has 2 rings (SSSR count). The van der Waals surface area contributed by atoms with Gasteiger partial charge in [0.05, 0.1) is 17.7 Å². The number of carbonyl (C=O) groups is 2. The van der Waals surface area contributed by atoms with Gasteiger partial charge in [-0.3, -0.25) is 9.59 Å². The highest BCUT2D eigenvalue weighted by Gasteiger charge is 2.18. The predicted molar refractivity (Wildman–Crippen MR) is 106 cm³/mol. The monoisotopic (exact) mass is 389 g/mol. The summed E-state index contributed by atoms with van der Waals surface area (Å²) in [7, 11) is 3.35. The van der Waals surface area contributed by atoms with Gasteiger partial charge in [-0.05, 0) is 49.1 Å². The molecule has 0 radical (unpaired) electrons. The number of nitrogens with zero attached hydrogens (tertiary/aromatic N) is 2. The third-order valence-electron chi connectivity index (χ3n) is 3.48. The number of amides is 2. The van der Waals surface area contributed by atoms with Crippen LogP contribution in [0.25, 0.3) is 0 Å². The van der Waals surface area contributed by atoms with Gasteiger partial charge in [0.1, 0.15) is 0 Å². The first kappa shape index (κ1) is 20.4. The van der Waals surface area contributed by atoms with Gasteiger partial charge in [0, 0.05) is 14.1 Å². The van der Waals surface area contributed by atoms with Crippen LogP contribution >= 0.6 is 11.3 Å². The Balaban J connectivity index is 2.08. The van der Waals surface area contributed by atoms with Crippen LogP contribution < -0.4 is 14.9 Å². The second kappa shape index (κ2) is 9.72. The zero-order valence-electron chi connectivity index (χ0n) is 15.8. The molecule has 1 atom stereocenters. The maximum atomic E-state index is 12.0. The number of benzene rings is 1. The average Bonchev–Trinajstić information content (AvgIpc) is 3.18. The van der Waals surface area contributed by atoms with Crippen LogP contribution in [0.15, 0.2) is 40.8 Å². The molecule has 1 aromatic heterocycles. The van der Waals surface area contributed by atoms with E-state index in [1.807, 2.05) is 12.3 Å². The molecule has 2 amide bonds. The second-order valence-corrected chi connectivity index (χ2v) is 6.76. The molecule has 7 nitrogen and oxygen atoms in total. The zero-order valence-corrected chi connectivity index (χ0v) is 16.6. The van der Waals surface area contributed by atoms with E-state index in [0.717, 1.165) is 5.56 Å². The van der Waals surface area contributed by atoms with E-state index in [1.165, 1.54) is 22.5 Å². The summed E-state index contributed by atoms with van der Waals surface area (Å²) in [5.74, 6) is 0.574. The van der Waals surface area contributed by atoms with Crippen molar-refractivity contribution in [3.63, 3.8) is 0 Å². The third kappa shape index (κ3) is 5.82. The van der Waals surface area contributed by atoms with Gasteiger partial charge >= 0.3 is 0 Å². The van der Waals surface area contributed by atoms with Gasteiger partial charge in [-0.25, -0.2) is 5.43 Å². The highest BCUT2D eigenvalue weighted by atomic mass is 32.1. The molecule has 8 heteroatoms. The van der Waals surface area contributed by atoms with E-state index >= 15 is 0 Å². The Bertz CT molecular complexity index is 803. The van der Waals surface area contributed by atoms with E-state index in [-0.39, 0.29) is 11.8 Å². The molecule has 0 saturated carbocycles. The molecule has 0 saturated heterocycles. The number of rotatable bonds is 8. The Morgan fingerprint density at radius 3 is 2.70 bits per heavy atom. The molecule has 144 valence electrons. The van der Waals surface area contributed by atoms with Gasteiger partial charge in [0.25, 0.3) is 11.8 Å². The van der Waals surface area contributed by atoms with Crippen LogP contribution in [0, 0.1) is 0 Å². The lowest BCUT2D eigenvalue weighted by Gasteiger charge is -2.20. The van der Waals surface area contributed by atoms with Crippen LogP contribution in [0.2, 0.25) is 0 Å². The Morgan fingerprint density at radius 2 is 2.07 bits per heavy atom. The first-order valence-electron chi connectivity index (χ1n) is 8.44. The largest absolute Gasteiger partial charge is 0.490 e. The minimum atomic E-state index is -0.635. The second-order valence-electron chi connectivity index (χ2n) is 5.81. The molecule has 0 spiro atoms. The summed E-state index contributed by atoms with van der Waals surface area (Å²) < 4.78 is 11.3. The maximum Gasteiger partial charge on any atom is 0.281 e. The fourth-order valence-electron chi connectivity index (χ4n) is 2.20. The topological polar surface area (TPSA) is 80.2 Å². The van der Waals surface area contributed by atoms with E-state index in [4.69, 9.17) is 9.47 Å². The Hall–Kier alpha value is -2.87. The number of nitrogens with one attached hydrogen (secondary N) is 1. The van der Waals surface area contributed by atoms with Crippen LogP contribution in [0.4, 0.5) is 0 Å². The van der Waals surface area contributed by atoms with Gasteiger partial charge in [0.15, 0.2) is 17.6 Å². The fraction of sp³-hybridized carbons (Fsp3) is 0.316. The van der Waals surface area contributed by atoms with Crippen LogP contribution in [-0.2, 0) is 4.79 Å². The van der Waals surface area contributed by atoms with Crippen molar-refractivity contribution < 1.29 is 19.1 Å². The highest BCUT2D eigenvalue weighted by Crippen LogP contribution is 2.29. The lowest BCUT2D eigenvalue weighted by atomic mass is 10.2. The van der Waals surface area contributed by atoms with E-state index in [0.29, 0.717) is 23.0 Å². The summed E-state index contributed by atoms with van der Waals surface area (Å²) in [6.07, 6.45) is 0.885. The van der Waals surface area contributed by atoms with E-state index < -0.39 is 6.10 Å². The fourth-order valence-corrected chi connectivity index (χ4v) is 2.82. The molecule has 1 N–H and O–H groups in total. The molecule has 1 aromatic carbocycles. The van der Waals surface area contributed by atoms with Crippen LogP contribution in [0.1, 0.15) is 29.1 Å². The highest BCUT2D eigenvalue weighted by molar-refractivity contribution is 7.12. The summed E-state index contributed by atoms with van der Waals surface area (Å²) in [5, 5.41) is 5.79. The van der Waals surface area contributed by atoms with Gasteiger partial charge < -0.3 is 14.4 Å². The van der Waals surface area contributed by atoms with Crippen molar-refractivity contribution in [2.45, 2.75) is 20.0 Å². The minimum absolute atomic E-state index is 0.139. The van der Waals surface area contributed by atoms with Gasteiger partial charge in [-0.15, -0.1) is 11.3 Å². The number of carbonyl (C=O) groups excluding carboxylic acids is 2. The average molecular weight is 389 g/mol. The maximum absolute atomic E-state index is 12.0. The standard InChI is InChI=1S/C19H23N3O4S/c1-5-25-16-11-14(12-20-21-18(23)17-7-6-10-27-17)8-9-15(16)26-13(2)19(24)22(3)4/h6-13H,5H2,1-4H3,(H,21,23)/b20-12-/t13-/m1/s1. The molecular weight excluding hydrogens is 366 g/mol. The lowest BCUT2D eigenvalue weighted by molar-refractivity contribution is -0.135. The smallest absolute Gasteiger partial charge is 0.281 e. The SMILES string of the molecule is CCOc1cc(/C=N\NC(=O)c2cccs2)ccc1O[C@H](C)C(=O)N(C)C. The van der Waals surface area contributed by atoms with Crippen molar-refractivity contribution in [2.24, 2.45) is 5.10 Å². The first-order chi connectivity index (χ1) is 12.9. The predicted octanol–water partition coefficient (Wildman–Crippen LogP) is 2.77. The van der Waals surface area contributed by atoms with Gasteiger partial charge in [-0.1, -0.05) is 6.07 Å². The molecule has 1 heterocycles. The number of hydrogen-bond donors (Lipinski definition) is 1. The van der Waals surface area contributed by atoms with E-state index in [2.05, 4.69) is 10.5 Å². The molecule has 0 fully saturated rings. The molecule has 2 aromatic rings. The van der Waals surface area contributed by atoms with Crippen molar-refractivity contribution >= 4 is 29.4 Å². The quantitative estimate of drug-likeness (QED) is 0.556. The summed E-state index contributed by atoms with van der Waals surface area (Å²) in [6.45, 7) is 4.00. The van der Waals surface area contributed by atoms with Crippen molar-refractivity contribution in [3.8, 4) is 11.5 Å². The van der Waals surface area contributed by atoms with Gasteiger partial charge in [0.2, 0.25) is 0 Å². The number of hydrazone groups is 1. The lowest BCUT2D eigenvalue weighted by Crippen LogP contribution is -2.35. The molecule has 0 bridgehead atoms. The van der Waals surface area contributed by atoms with Crippen molar-refractivity contribution in [1.82, 2.24) is 10.3 Å². The van der Waals surface area contributed by atoms with Crippen LogP contribution in [0.5, 0.6) is 11.5 Å². The first-order valence-corrected chi connectivity index (χ1v) is 9.32. The molecule has 27 heavy (non-hydrogen) atoms. The van der Waals surface area contributed by atoms with E-state index in [9.17, 15) is 9.59 Å². The number of thiophene rings is 1. The van der Waals surface area contributed by atoms with Crippen molar-refractivity contribution in [2.75, 3.05) is 20.7 Å². The van der Waals surface area contributed by atoms with Gasteiger partial charge in [-0.2, -0.15) is 5.10 Å². The molecular formula is C19H23N3O4S. The Morgan fingerprint density at radius 1 is 1.30 bits per heavy atom.